The number of hydrogen-bond donors (Lipinski definition) is 1. The van der Waals surface area contributed by atoms with Crippen LogP contribution in [0, 0.1) is 17.5 Å². The lowest BCUT2D eigenvalue weighted by Crippen LogP contribution is -2.15. The summed E-state index contributed by atoms with van der Waals surface area (Å²) in [6.45, 7) is 1.17. The van der Waals surface area contributed by atoms with Gasteiger partial charge in [0, 0.05) is 24.8 Å². The number of esters is 1. The summed E-state index contributed by atoms with van der Waals surface area (Å²) >= 11 is 0. The number of aromatic nitrogens is 5. The summed E-state index contributed by atoms with van der Waals surface area (Å²) in [7, 11) is 1.50. The molecule has 0 radical (unpaired) electrons. The van der Waals surface area contributed by atoms with Gasteiger partial charge in [-0.15, -0.1) is 0 Å². The molecule has 4 heterocycles. The molecule has 0 spiro atoms. The van der Waals surface area contributed by atoms with Crippen LogP contribution in [0.1, 0.15) is 17.3 Å². The lowest BCUT2D eigenvalue weighted by molar-refractivity contribution is -0.141. The Morgan fingerprint density at radius 3 is 2.66 bits per heavy atom. The van der Waals surface area contributed by atoms with Gasteiger partial charge in [0.2, 0.25) is 0 Å². The topological polar surface area (TPSA) is 113 Å². The molecule has 0 aliphatic heterocycles. The minimum absolute atomic E-state index is 0.0148. The van der Waals surface area contributed by atoms with E-state index in [1.165, 1.54) is 29.4 Å². The molecule has 38 heavy (non-hydrogen) atoms. The van der Waals surface area contributed by atoms with Gasteiger partial charge < -0.3 is 14.8 Å². The van der Waals surface area contributed by atoms with E-state index < -0.39 is 34.9 Å². The number of carbonyl (C=O) groups excluding carboxylic acids is 2. The van der Waals surface area contributed by atoms with Gasteiger partial charge in [-0.25, -0.2) is 27.4 Å². The van der Waals surface area contributed by atoms with Crippen molar-refractivity contribution in [2.75, 3.05) is 19.0 Å². The first-order chi connectivity index (χ1) is 18.2. The zero-order valence-electron chi connectivity index (χ0n) is 20.0. The quantitative estimate of drug-likeness (QED) is 0.321. The fourth-order valence-corrected chi connectivity index (χ4v) is 3.90. The molecule has 10 nitrogen and oxygen atoms in total. The first-order valence-corrected chi connectivity index (χ1v) is 11.2. The van der Waals surface area contributed by atoms with Gasteiger partial charge in [-0.05, 0) is 30.3 Å². The highest BCUT2D eigenvalue weighted by Gasteiger charge is 2.22. The maximum atomic E-state index is 15.5. The van der Waals surface area contributed by atoms with Crippen LogP contribution < -0.4 is 10.1 Å². The largest absolute Gasteiger partial charge is 0.497 e. The Bertz CT molecular complexity index is 1710. The van der Waals surface area contributed by atoms with E-state index in [2.05, 4.69) is 20.5 Å². The van der Waals surface area contributed by atoms with Gasteiger partial charge in [0.25, 0.3) is 5.91 Å². The number of amides is 1. The van der Waals surface area contributed by atoms with Gasteiger partial charge in [-0.1, -0.05) is 0 Å². The fraction of sp³-hybridized carbons (Fsp3) is 0.160. The number of pyridine rings is 2. The van der Waals surface area contributed by atoms with Crippen molar-refractivity contribution in [1.82, 2.24) is 24.4 Å². The minimum atomic E-state index is -0.993. The molecule has 0 bridgehead atoms. The molecule has 1 aromatic carbocycles. The number of fused-ring (bicyclic) bond motifs is 2. The highest BCUT2D eigenvalue weighted by Crippen LogP contribution is 2.32. The van der Waals surface area contributed by atoms with E-state index in [1.807, 2.05) is 0 Å². The molecule has 1 amide bonds. The van der Waals surface area contributed by atoms with Gasteiger partial charge in [-0.3, -0.25) is 9.59 Å². The van der Waals surface area contributed by atoms with E-state index in [4.69, 9.17) is 9.47 Å². The van der Waals surface area contributed by atoms with Gasteiger partial charge >= 0.3 is 5.97 Å². The molecule has 0 saturated carbocycles. The summed E-state index contributed by atoms with van der Waals surface area (Å²) in [5.41, 5.74) is 0.423. The molecular formula is C25H19F3N6O4. The predicted molar refractivity (Wildman–Crippen MR) is 129 cm³/mol. The van der Waals surface area contributed by atoms with Crippen LogP contribution in [0.15, 0.2) is 48.8 Å². The number of ether oxygens (including phenoxy) is 2. The molecule has 0 unspecified atom stereocenters. The highest BCUT2D eigenvalue weighted by atomic mass is 19.1. The number of hydrogen-bond acceptors (Lipinski definition) is 7. The third-order valence-corrected chi connectivity index (χ3v) is 5.67. The SMILES string of the molecule is COc1ccn2ncc(-c3nc4c(cc3F)c(NC(=O)c3cc(F)ccc3F)nn4CCOC(C)=O)c2c1. The number of rotatable bonds is 7. The average molecular weight is 524 g/mol. The molecule has 194 valence electrons. The summed E-state index contributed by atoms with van der Waals surface area (Å²) < 4.78 is 56.3. The number of methoxy groups -OCH3 is 1. The summed E-state index contributed by atoms with van der Waals surface area (Å²) in [5, 5.41) is 11.0. The fourth-order valence-electron chi connectivity index (χ4n) is 3.90. The van der Waals surface area contributed by atoms with Crippen molar-refractivity contribution in [1.29, 1.82) is 0 Å². The standard InChI is InChI=1S/C25H19F3N6O4/c1-13(35)38-8-7-34-24-17(23(32-34)31-25(36)16-9-14(26)3-4-19(16)27)11-20(28)22(30-24)18-12-29-33-6-5-15(37-2)10-21(18)33/h3-6,9-12H,7-8H2,1-2H3,(H,31,32,36). The second-order valence-corrected chi connectivity index (χ2v) is 8.13. The maximum absolute atomic E-state index is 15.5. The van der Waals surface area contributed by atoms with Crippen molar-refractivity contribution in [3.05, 3.63) is 71.8 Å². The van der Waals surface area contributed by atoms with Crippen molar-refractivity contribution in [2.45, 2.75) is 13.5 Å². The number of benzene rings is 1. The Hall–Kier alpha value is -4.94. The third kappa shape index (κ3) is 4.61. The summed E-state index contributed by atoms with van der Waals surface area (Å²) in [6, 6.07) is 6.91. The molecule has 5 aromatic rings. The molecule has 1 N–H and O–H groups in total. The first kappa shape index (κ1) is 24.7. The zero-order chi connectivity index (χ0) is 27.0. The van der Waals surface area contributed by atoms with Crippen LogP contribution in [0.3, 0.4) is 0 Å². The number of carbonyl (C=O) groups is 2. The third-order valence-electron chi connectivity index (χ3n) is 5.67. The molecule has 0 aliphatic rings. The smallest absolute Gasteiger partial charge is 0.302 e. The molecule has 0 saturated heterocycles. The van der Waals surface area contributed by atoms with Crippen LogP contribution in [0.25, 0.3) is 27.8 Å². The normalized spacial score (nSPS) is 11.2. The van der Waals surface area contributed by atoms with Crippen molar-refractivity contribution in [3.63, 3.8) is 0 Å². The Morgan fingerprint density at radius 1 is 1.08 bits per heavy atom. The first-order valence-electron chi connectivity index (χ1n) is 11.2. The Balaban J connectivity index is 1.61. The monoisotopic (exact) mass is 524 g/mol. The molecule has 0 atom stereocenters. The van der Waals surface area contributed by atoms with Crippen LogP contribution >= 0.6 is 0 Å². The summed E-state index contributed by atoms with van der Waals surface area (Å²) in [5.74, 6) is -3.63. The predicted octanol–water partition coefficient (Wildman–Crippen LogP) is 3.99. The lowest BCUT2D eigenvalue weighted by Gasteiger charge is -2.06. The van der Waals surface area contributed by atoms with Crippen LogP contribution in [-0.4, -0.2) is 50.0 Å². The van der Waals surface area contributed by atoms with Gasteiger partial charge in [0.15, 0.2) is 17.3 Å². The van der Waals surface area contributed by atoms with Crippen LogP contribution in [-0.2, 0) is 16.1 Å². The van der Waals surface area contributed by atoms with Crippen molar-refractivity contribution in [3.8, 4) is 17.0 Å². The van der Waals surface area contributed by atoms with E-state index in [0.717, 1.165) is 24.3 Å². The van der Waals surface area contributed by atoms with Crippen LogP contribution in [0.5, 0.6) is 5.75 Å². The number of nitrogens with zero attached hydrogens (tertiary/aromatic N) is 5. The lowest BCUT2D eigenvalue weighted by atomic mass is 10.1. The zero-order valence-corrected chi connectivity index (χ0v) is 20.0. The van der Waals surface area contributed by atoms with Crippen LogP contribution in [0.2, 0.25) is 0 Å². The Labute approximate surface area is 212 Å². The average Bonchev–Trinajstić information content (AvgIpc) is 3.45. The molecule has 13 heteroatoms. The highest BCUT2D eigenvalue weighted by molar-refractivity contribution is 6.08. The van der Waals surface area contributed by atoms with Crippen molar-refractivity contribution < 1.29 is 32.2 Å². The summed E-state index contributed by atoms with van der Waals surface area (Å²) in [4.78, 5) is 28.4. The van der Waals surface area contributed by atoms with E-state index in [1.54, 1.807) is 18.3 Å². The Kier molecular flexibility index (Phi) is 6.41. The van der Waals surface area contributed by atoms with E-state index in [0.29, 0.717) is 16.8 Å². The summed E-state index contributed by atoms with van der Waals surface area (Å²) in [6.07, 6.45) is 3.09. The van der Waals surface area contributed by atoms with E-state index >= 15 is 4.39 Å². The van der Waals surface area contributed by atoms with E-state index in [-0.39, 0.29) is 35.7 Å². The Morgan fingerprint density at radius 2 is 1.89 bits per heavy atom. The number of nitrogens with one attached hydrogen (secondary N) is 1. The second kappa shape index (κ2) is 9.84. The van der Waals surface area contributed by atoms with Crippen molar-refractivity contribution >= 4 is 34.2 Å². The van der Waals surface area contributed by atoms with Gasteiger partial charge in [0.05, 0.1) is 36.3 Å². The number of halogens is 3. The van der Waals surface area contributed by atoms with Gasteiger partial charge in [-0.2, -0.15) is 10.2 Å². The van der Waals surface area contributed by atoms with Gasteiger partial charge in [0.1, 0.15) is 29.7 Å². The van der Waals surface area contributed by atoms with Crippen LogP contribution in [0.4, 0.5) is 19.0 Å². The van der Waals surface area contributed by atoms with Crippen molar-refractivity contribution in [2.24, 2.45) is 0 Å². The molecular weight excluding hydrogens is 505 g/mol. The van der Waals surface area contributed by atoms with E-state index in [9.17, 15) is 18.4 Å². The number of anilines is 1. The molecule has 5 rings (SSSR count). The minimum Gasteiger partial charge on any atom is -0.497 e. The molecule has 0 fully saturated rings. The molecule has 0 aliphatic carbocycles. The second-order valence-electron chi connectivity index (χ2n) is 8.13. The maximum Gasteiger partial charge on any atom is 0.302 e. The molecule has 4 aromatic heterocycles.